The van der Waals surface area contributed by atoms with Crippen LogP contribution < -0.4 is 9.64 Å². The Morgan fingerprint density at radius 2 is 1.56 bits per heavy atom. The third-order valence-corrected chi connectivity index (χ3v) is 7.37. The fraction of sp³-hybridized carbons (Fsp3) is 0.438. The molecule has 0 bridgehead atoms. The number of hydrogen-bond acceptors (Lipinski definition) is 5. The second-order valence-corrected chi connectivity index (χ2v) is 11.7. The lowest BCUT2D eigenvalue weighted by Gasteiger charge is -2.40. The molecule has 1 aromatic heterocycles. The maximum Gasteiger partial charge on any atom is 0.573 e. The minimum atomic E-state index is -4.76. The Kier molecular flexibility index (Phi) is 8.85. The van der Waals surface area contributed by atoms with E-state index in [-0.39, 0.29) is 17.9 Å². The van der Waals surface area contributed by atoms with Crippen molar-refractivity contribution in [2.24, 2.45) is 0 Å². The molecule has 0 N–H and O–H groups in total. The summed E-state index contributed by atoms with van der Waals surface area (Å²) < 4.78 is 47.9. The van der Waals surface area contributed by atoms with Crippen molar-refractivity contribution < 1.29 is 27.4 Å². The Bertz CT molecular complexity index is 1340. The predicted molar refractivity (Wildman–Crippen MR) is 154 cm³/mol. The highest BCUT2D eigenvalue weighted by molar-refractivity contribution is 5.68. The van der Waals surface area contributed by atoms with Gasteiger partial charge < -0.3 is 19.3 Å². The summed E-state index contributed by atoms with van der Waals surface area (Å²) in [4.78, 5) is 21.0. The van der Waals surface area contributed by atoms with Gasteiger partial charge in [0.05, 0.1) is 0 Å². The molecule has 0 spiro atoms. The molecule has 1 aliphatic heterocycles. The number of alkyl halides is 3. The number of piperidine rings is 1. The van der Waals surface area contributed by atoms with Gasteiger partial charge in [-0.05, 0) is 113 Å². The van der Waals surface area contributed by atoms with Gasteiger partial charge in [0.15, 0.2) is 0 Å². The van der Waals surface area contributed by atoms with Gasteiger partial charge in [-0.1, -0.05) is 12.1 Å². The minimum Gasteiger partial charge on any atom is -0.444 e. The summed E-state index contributed by atoms with van der Waals surface area (Å²) in [7, 11) is 0. The Balaban J connectivity index is 1.59. The molecule has 9 heteroatoms. The van der Waals surface area contributed by atoms with Crippen LogP contribution in [-0.4, -0.2) is 47.1 Å². The van der Waals surface area contributed by atoms with Crippen LogP contribution in [-0.2, 0) is 11.3 Å². The number of anilines is 1. The molecule has 1 aliphatic rings. The highest BCUT2D eigenvalue weighted by Gasteiger charge is 2.32. The molecule has 3 aromatic rings. The first-order valence-electron chi connectivity index (χ1n) is 13.8. The van der Waals surface area contributed by atoms with Gasteiger partial charge in [0.25, 0.3) is 0 Å². The number of rotatable bonds is 6. The van der Waals surface area contributed by atoms with Crippen LogP contribution in [0.4, 0.5) is 23.7 Å². The van der Waals surface area contributed by atoms with Gasteiger partial charge >= 0.3 is 12.5 Å². The standard InChI is InChI=1S/C32H38F3N3O3/c1-21-15-25(16-22(2)23(21)3)26-17-24(18-36-19-26)20-38(27-7-9-29(10-8-27)40-32(33,34)35)28-11-13-37(14-12-28)30(39)41-31(4,5)6/h7-10,15-19,28H,11-14,20H2,1-6H3. The second kappa shape index (κ2) is 12.0. The van der Waals surface area contributed by atoms with Crippen LogP contribution in [0.25, 0.3) is 11.1 Å². The Labute approximate surface area is 240 Å². The van der Waals surface area contributed by atoms with Gasteiger partial charge in [-0.15, -0.1) is 13.2 Å². The molecule has 0 aliphatic carbocycles. The molecule has 0 atom stereocenters. The normalized spacial score (nSPS) is 14.6. The monoisotopic (exact) mass is 569 g/mol. The van der Waals surface area contributed by atoms with Gasteiger partial charge in [0, 0.05) is 49.3 Å². The van der Waals surface area contributed by atoms with E-state index in [1.807, 2.05) is 33.2 Å². The first-order valence-corrected chi connectivity index (χ1v) is 13.8. The third-order valence-electron chi connectivity index (χ3n) is 7.37. The van der Waals surface area contributed by atoms with Crippen molar-refractivity contribution in [2.45, 2.75) is 78.9 Å². The maximum atomic E-state index is 12.8. The summed E-state index contributed by atoms with van der Waals surface area (Å²) in [5.74, 6) is -0.269. The summed E-state index contributed by atoms with van der Waals surface area (Å²) in [5.41, 5.74) is 6.95. The molecular formula is C32H38F3N3O3. The van der Waals surface area contributed by atoms with E-state index in [4.69, 9.17) is 4.74 Å². The van der Waals surface area contributed by atoms with Crippen LogP contribution in [0.15, 0.2) is 54.9 Å². The first-order chi connectivity index (χ1) is 19.2. The van der Waals surface area contributed by atoms with Gasteiger partial charge in [-0.3, -0.25) is 4.98 Å². The van der Waals surface area contributed by atoms with E-state index in [1.165, 1.54) is 28.8 Å². The van der Waals surface area contributed by atoms with Crippen molar-refractivity contribution in [3.8, 4) is 16.9 Å². The summed E-state index contributed by atoms with van der Waals surface area (Å²) >= 11 is 0. The molecule has 2 aromatic carbocycles. The van der Waals surface area contributed by atoms with E-state index >= 15 is 0 Å². The lowest BCUT2D eigenvalue weighted by molar-refractivity contribution is -0.274. The van der Waals surface area contributed by atoms with Gasteiger partial charge in [-0.25, -0.2) is 4.79 Å². The van der Waals surface area contributed by atoms with Crippen LogP contribution in [0.1, 0.15) is 55.9 Å². The Morgan fingerprint density at radius 3 is 2.12 bits per heavy atom. The van der Waals surface area contributed by atoms with Crippen molar-refractivity contribution in [3.05, 3.63) is 77.1 Å². The lowest BCUT2D eigenvalue weighted by Crippen LogP contribution is -2.48. The number of aryl methyl sites for hydroxylation is 2. The van der Waals surface area contributed by atoms with Gasteiger partial charge in [-0.2, -0.15) is 0 Å². The molecule has 2 heterocycles. The highest BCUT2D eigenvalue weighted by atomic mass is 19.4. The fourth-order valence-electron chi connectivity index (χ4n) is 5.09. The number of benzene rings is 2. The number of likely N-dealkylation sites (tertiary alicyclic amines) is 1. The lowest BCUT2D eigenvalue weighted by atomic mass is 9.96. The Morgan fingerprint density at radius 1 is 0.951 bits per heavy atom. The average molecular weight is 570 g/mol. The minimum absolute atomic E-state index is 0.0515. The van der Waals surface area contributed by atoms with Crippen molar-refractivity contribution in [1.82, 2.24) is 9.88 Å². The van der Waals surface area contributed by atoms with E-state index in [0.29, 0.717) is 32.5 Å². The molecule has 4 rings (SSSR count). The highest BCUT2D eigenvalue weighted by Crippen LogP contribution is 2.31. The molecule has 220 valence electrons. The van der Waals surface area contributed by atoms with Crippen LogP contribution in [0, 0.1) is 20.8 Å². The van der Waals surface area contributed by atoms with Gasteiger partial charge in [0.1, 0.15) is 11.4 Å². The number of nitrogens with zero attached hydrogens (tertiary/aromatic N) is 3. The second-order valence-electron chi connectivity index (χ2n) is 11.7. The number of halogens is 3. The van der Waals surface area contributed by atoms with Crippen LogP contribution >= 0.6 is 0 Å². The predicted octanol–water partition coefficient (Wildman–Crippen LogP) is 7.98. The van der Waals surface area contributed by atoms with E-state index in [1.54, 1.807) is 17.0 Å². The van der Waals surface area contributed by atoms with Crippen molar-refractivity contribution in [1.29, 1.82) is 0 Å². The molecule has 1 fully saturated rings. The molecule has 0 radical (unpaired) electrons. The summed E-state index contributed by atoms with van der Waals surface area (Å²) in [6, 6.07) is 12.4. The SMILES string of the molecule is Cc1cc(-c2cncc(CN(c3ccc(OC(F)(F)F)cc3)C3CCN(C(=O)OC(C)(C)C)CC3)c2)cc(C)c1C. The number of aromatic nitrogens is 1. The first kappa shape index (κ1) is 30.2. The molecule has 0 saturated carbocycles. The number of ether oxygens (including phenoxy) is 2. The molecule has 41 heavy (non-hydrogen) atoms. The molecular weight excluding hydrogens is 531 g/mol. The largest absolute Gasteiger partial charge is 0.573 e. The fourth-order valence-corrected chi connectivity index (χ4v) is 5.09. The number of carbonyl (C=O) groups excluding carboxylic acids is 1. The van der Waals surface area contributed by atoms with E-state index in [2.05, 4.69) is 53.6 Å². The van der Waals surface area contributed by atoms with Crippen LogP contribution in [0.2, 0.25) is 0 Å². The van der Waals surface area contributed by atoms with E-state index in [0.717, 1.165) is 22.4 Å². The van der Waals surface area contributed by atoms with Crippen molar-refractivity contribution in [3.63, 3.8) is 0 Å². The number of pyridine rings is 1. The smallest absolute Gasteiger partial charge is 0.444 e. The van der Waals surface area contributed by atoms with E-state index in [9.17, 15) is 18.0 Å². The van der Waals surface area contributed by atoms with Crippen LogP contribution in [0.5, 0.6) is 5.75 Å². The summed E-state index contributed by atoms with van der Waals surface area (Å²) in [5, 5.41) is 0. The van der Waals surface area contributed by atoms with Gasteiger partial charge in [0.2, 0.25) is 0 Å². The number of hydrogen-bond donors (Lipinski definition) is 0. The zero-order chi connectivity index (χ0) is 29.9. The zero-order valence-corrected chi connectivity index (χ0v) is 24.5. The van der Waals surface area contributed by atoms with Crippen LogP contribution in [0.3, 0.4) is 0 Å². The number of amides is 1. The van der Waals surface area contributed by atoms with Crippen molar-refractivity contribution in [2.75, 3.05) is 18.0 Å². The summed E-state index contributed by atoms with van der Waals surface area (Å²) in [6.07, 6.45) is -0.0557. The topological polar surface area (TPSA) is 54.9 Å². The molecule has 6 nitrogen and oxygen atoms in total. The molecule has 0 unspecified atom stereocenters. The molecule has 1 amide bonds. The Hall–Kier alpha value is -3.75. The average Bonchev–Trinajstić information content (AvgIpc) is 2.89. The van der Waals surface area contributed by atoms with Crippen molar-refractivity contribution >= 4 is 11.8 Å². The number of carbonyl (C=O) groups is 1. The quantitative estimate of drug-likeness (QED) is 0.301. The summed E-state index contributed by atoms with van der Waals surface area (Å²) in [6.45, 7) is 13.4. The maximum absolute atomic E-state index is 12.8. The van der Waals surface area contributed by atoms with E-state index < -0.39 is 12.0 Å². The molecule has 1 saturated heterocycles. The zero-order valence-electron chi connectivity index (χ0n) is 24.5. The third kappa shape index (κ3) is 8.15.